The Kier molecular flexibility index (Phi) is 3.99. The van der Waals surface area contributed by atoms with Crippen LogP contribution in [0, 0.1) is 5.92 Å². The fourth-order valence-corrected chi connectivity index (χ4v) is 2.52. The highest BCUT2D eigenvalue weighted by molar-refractivity contribution is 5.22. The number of hydrogen-bond acceptors (Lipinski definition) is 4. The second-order valence-electron chi connectivity index (χ2n) is 4.73. The van der Waals surface area contributed by atoms with E-state index >= 15 is 0 Å². The third kappa shape index (κ3) is 2.77. The van der Waals surface area contributed by atoms with E-state index in [1.165, 1.54) is 0 Å². The quantitative estimate of drug-likeness (QED) is 0.601. The second kappa shape index (κ2) is 5.31. The molecule has 0 bridgehead atoms. The van der Waals surface area contributed by atoms with Gasteiger partial charge in [0.25, 0.3) is 0 Å². The average Bonchev–Trinajstić information content (AvgIpc) is 2.26. The lowest BCUT2D eigenvalue weighted by Gasteiger charge is -2.40. The number of hydrogen-bond donors (Lipinski definition) is 1. The van der Waals surface area contributed by atoms with E-state index in [-0.39, 0.29) is 18.1 Å². The predicted molar refractivity (Wildman–Crippen MR) is 63.2 cm³/mol. The van der Waals surface area contributed by atoms with Crippen molar-refractivity contribution in [1.29, 1.82) is 0 Å². The molecular formula is C13H20O4. The van der Waals surface area contributed by atoms with E-state index in [1.54, 1.807) is 7.11 Å². The molecule has 17 heavy (non-hydrogen) atoms. The lowest BCUT2D eigenvalue weighted by molar-refractivity contribution is -0.160. The monoisotopic (exact) mass is 240 g/mol. The Bertz CT molecular complexity index is 323. The van der Waals surface area contributed by atoms with Crippen LogP contribution in [0.15, 0.2) is 23.8 Å². The van der Waals surface area contributed by atoms with Gasteiger partial charge in [-0.05, 0) is 18.9 Å². The minimum atomic E-state index is -0.718. The van der Waals surface area contributed by atoms with Gasteiger partial charge in [-0.15, -0.1) is 0 Å². The van der Waals surface area contributed by atoms with Crippen LogP contribution in [0.1, 0.15) is 19.8 Å². The van der Waals surface area contributed by atoms with E-state index in [4.69, 9.17) is 14.2 Å². The number of aliphatic hydroxyl groups excluding tert-OH is 1. The first-order chi connectivity index (χ1) is 8.11. The summed E-state index contributed by atoms with van der Waals surface area (Å²) in [5.41, 5.74) is 2.17. The zero-order valence-corrected chi connectivity index (χ0v) is 10.4. The van der Waals surface area contributed by atoms with Crippen molar-refractivity contribution >= 4 is 0 Å². The number of methoxy groups -OCH3 is 1. The molecule has 1 aliphatic heterocycles. The molecule has 2 rings (SSSR count). The van der Waals surface area contributed by atoms with Crippen LogP contribution in [-0.4, -0.2) is 37.5 Å². The molecule has 4 nitrogen and oxygen atoms in total. The molecule has 1 heterocycles. The summed E-state index contributed by atoms with van der Waals surface area (Å²) in [5, 5.41) is 9.55. The van der Waals surface area contributed by atoms with Crippen LogP contribution in [0.3, 0.4) is 0 Å². The maximum Gasteiger partial charge on any atom is 0.159 e. The summed E-state index contributed by atoms with van der Waals surface area (Å²) in [6.07, 6.45) is 2.68. The molecule has 1 fully saturated rings. The van der Waals surface area contributed by atoms with Gasteiger partial charge < -0.3 is 19.3 Å². The molecule has 1 unspecified atom stereocenters. The average molecular weight is 240 g/mol. The summed E-state index contributed by atoms with van der Waals surface area (Å²) in [4.78, 5) is 0. The fourth-order valence-electron chi connectivity index (χ4n) is 2.52. The summed E-state index contributed by atoms with van der Waals surface area (Å²) in [7, 11) is 1.61. The van der Waals surface area contributed by atoms with Crippen LogP contribution in [0.5, 0.6) is 0 Å². The molecule has 2 aliphatic rings. The van der Waals surface area contributed by atoms with Crippen molar-refractivity contribution in [3.05, 3.63) is 23.8 Å². The van der Waals surface area contributed by atoms with Gasteiger partial charge in [0.2, 0.25) is 0 Å². The fraction of sp³-hybridized carbons (Fsp3) is 0.692. The Hall–Kier alpha value is -0.680. The molecule has 0 amide bonds. The van der Waals surface area contributed by atoms with Gasteiger partial charge in [0.15, 0.2) is 6.29 Å². The minimum Gasteiger partial charge on any atom is -0.368 e. The van der Waals surface area contributed by atoms with Crippen molar-refractivity contribution in [1.82, 2.24) is 0 Å². The van der Waals surface area contributed by atoms with Crippen molar-refractivity contribution in [2.24, 2.45) is 5.92 Å². The lowest BCUT2D eigenvalue weighted by atomic mass is 9.79. The van der Waals surface area contributed by atoms with Gasteiger partial charge in [-0.25, -0.2) is 0 Å². The van der Waals surface area contributed by atoms with E-state index < -0.39 is 6.29 Å². The molecule has 4 heteroatoms. The first-order valence-corrected chi connectivity index (χ1v) is 5.92. The van der Waals surface area contributed by atoms with Gasteiger partial charge in [0, 0.05) is 19.4 Å². The Balaban J connectivity index is 2.08. The first-order valence-electron chi connectivity index (χ1n) is 5.92. The standard InChI is InChI=1S/C13H20O4/c1-8-5-13(14)17-12-4-9(2)11(6-10(8)12)16-7-15-3/h4,10-14H,1,5-7H2,2-3H3/t10-,11-,12-,13?/m1/s1. The van der Waals surface area contributed by atoms with Gasteiger partial charge in [0.1, 0.15) is 6.79 Å². The van der Waals surface area contributed by atoms with Crippen LogP contribution in [0.2, 0.25) is 0 Å². The molecule has 0 aromatic carbocycles. The van der Waals surface area contributed by atoms with Crippen molar-refractivity contribution in [2.75, 3.05) is 13.9 Å². The van der Waals surface area contributed by atoms with Gasteiger partial charge in [-0.2, -0.15) is 0 Å². The summed E-state index contributed by atoms with van der Waals surface area (Å²) in [6.45, 7) is 6.34. The smallest absolute Gasteiger partial charge is 0.159 e. The summed E-state index contributed by atoms with van der Waals surface area (Å²) in [6, 6.07) is 0. The molecular weight excluding hydrogens is 220 g/mol. The van der Waals surface area contributed by atoms with Crippen molar-refractivity contribution in [2.45, 2.75) is 38.3 Å². The molecule has 96 valence electrons. The van der Waals surface area contributed by atoms with Crippen LogP contribution in [0.4, 0.5) is 0 Å². The highest BCUT2D eigenvalue weighted by Gasteiger charge is 2.37. The van der Waals surface area contributed by atoms with Gasteiger partial charge in [0.05, 0.1) is 12.2 Å². The Labute approximate surface area is 102 Å². The van der Waals surface area contributed by atoms with Gasteiger partial charge in [-0.3, -0.25) is 0 Å². The normalized spacial score (nSPS) is 37.6. The predicted octanol–water partition coefficient (Wildman–Crippen LogP) is 1.61. The van der Waals surface area contributed by atoms with Crippen LogP contribution >= 0.6 is 0 Å². The van der Waals surface area contributed by atoms with E-state index in [0.29, 0.717) is 13.2 Å². The lowest BCUT2D eigenvalue weighted by Crippen LogP contribution is -2.41. The molecule has 1 N–H and O–H groups in total. The molecule has 0 aromatic rings. The molecule has 1 saturated heterocycles. The number of aliphatic hydroxyl groups is 1. The third-order valence-corrected chi connectivity index (χ3v) is 3.46. The van der Waals surface area contributed by atoms with Gasteiger partial charge in [-0.1, -0.05) is 18.2 Å². The second-order valence-corrected chi connectivity index (χ2v) is 4.73. The van der Waals surface area contributed by atoms with E-state index in [1.807, 2.05) is 13.0 Å². The zero-order valence-electron chi connectivity index (χ0n) is 10.4. The molecule has 0 spiro atoms. The maximum atomic E-state index is 9.55. The summed E-state index contributed by atoms with van der Waals surface area (Å²) >= 11 is 0. The summed E-state index contributed by atoms with van der Waals surface area (Å²) < 4.78 is 16.1. The van der Waals surface area contributed by atoms with Crippen molar-refractivity contribution in [3.63, 3.8) is 0 Å². The number of fused-ring (bicyclic) bond motifs is 1. The zero-order chi connectivity index (χ0) is 12.4. The van der Waals surface area contributed by atoms with Gasteiger partial charge >= 0.3 is 0 Å². The number of rotatable bonds is 3. The number of ether oxygens (including phenoxy) is 3. The largest absolute Gasteiger partial charge is 0.368 e. The highest BCUT2D eigenvalue weighted by atomic mass is 16.7. The molecule has 1 aliphatic carbocycles. The SMILES string of the molecule is C=C1CC(O)O[C@@H]2C=C(C)[C@H](OCOC)C[C@H]12. The Morgan fingerprint density at radius 3 is 3.06 bits per heavy atom. The van der Waals surface area contributed by atoms with Crippen molar-refractivity contribution in [3.8, 4) is 0 Å². The van der Waals surface area contributed by atoms with Crippen LogP contribution in [0.25, 0.3) is 0 Å². The molecule has 0 saturated carbocycles. The van der Waals surface area contributed by atoms with E-state index in [0.717, 1.165) is 17.6 Å². The highest BCUT2D eigenvalue weighted by Crippen LogP contribution is 2.38. The minimum absolute atomic E-state index is 0.0614. The van der Waals surface area contributed by atoms with Crippen molar-refractivity contribution < 1.29 is 19.3 Å². The summed E-state index contributed by atoms with van der Waals surface area (Å²) in [5.74, 6) is 0.240. The Morgan fingerprint density at radius 1 is 1.59 bits per heavy atom. The maximum absolute atomic E-state index is 9.55. The molecule has 0 aromatic heterocycles. The van der Waals surface area contributed by atoms with E-state index in [9.17, 15) is 5.11 Å². The third-order valence-electron chi connectivity index (χ3n) is 3.46. The van der Waals surface area contributed by atoms with Crippen LogP contribution < -0.4 is 0 Å². The topological polar surface area (TPSA) is 47.9 Å². The first kappa shape index (κ1) is 12.8. The van der Waals surface area contributed by atoms with E-state index in [2.05, 4.69) is 6.58 Å². The molecule has 0 radical (unpaired) electrons. The molecule has 4 atom stereocenters. The van der Waals surface area contributed by atoms with Crippen LogP contribution in [-0.2, 0) is 14.2 Å². The Morgan fingerprint density at radius 2 is 2.35 bits per heavy atom.